The topological polar surface area (TPSA) is 12.0 Å². The van der Waals surface area contributed by atoms with Gasteiger partial charge < -0.3 is 5.32 Å². The Kier molecular flexibility index (Phi) is 3.20. The van der Waals surface area contributed by atoms with Crippen molar-refractivity contribution in [1.82, 2.24) is 5.32 Å². The molecule has 1 nitrogen and oxygen atoms in total. The summed E-state index contributed by atoms with van der Waals surface area (Å²) in [4.78, 5) is 0. The van der Waals surface area contributed by atoms with Crippen LogP contribution in [0.2, 0.25) is 0 Å². The molecular weight excluding hydrogens is 122 g/mol. The molecule has 1 rings (SSSR count). The van der Waals surface area contributed by atoms with Gasteiger partial charge in [-0.05, 0) is 25.3 Å². The van der Waals surface area contributed by atoms with Crippen LogP contribution in [0.1, 0.15) is 39.5 Å². The molecule has 0 saturated heterocycles. The molecule has 60 valence electrons. The van der Waals surface area contributed by atoms with Gasteiger partial charge >= 0.3 is 0 Å². The zero-order valence-corrected chi connectivity index (χ0v) is 7.19. The lowest BCUT2D eigenvalue weighted by Crippen LogP contribution is -2.37. The monoisotopic (exact) mass is 141 g/mol. The third-order valence-corrected chi connectivity index (χ3v) is 2.56. The van der Waals surface area contributed by atoms with Crippen molar-refractivity contribution >= 4 is 0 Å². The second-order valence-corrected chi connectivity index (χ2v) is 3.55. The Balaban J connectivity index is 1.93. The minimum absolute atomic E-state index is 0.862. The lowest BCUT2D eigenvalue weighted by atomic mass is 9.92. The van der Waals surface area contributed by atoms with Crippen molar-refractivity contribution in [3.63, 3.8) is 0 Å². The highest BCUT2D eigenvalue weighted by molar-refractivity contribution is 4.76. The molecule has 1 heteroatoms. The predicted octanol–water partition coefficient (Wildman–Crippen LogP) is 2.17. The van der Waals surface area contributed by atoms with Crippen LogP contribution >= 0.6 is 0 Å². The number of nitrogens with one attached hydrogen (secondary N) is 1. The fourth-order valence-corrected chi connectivity index (χ4v) is 1.12. The molecular formula is C9H19N. The minimum Gasteiger partial charge on any atom is -0.314 e. The number of hydrogen-bond acceptors (Lipinski definition) is 1. The number of hydrogen-bond donors (Lipinski definition) is 1. The van der Waals surface area contributed by atoms with Crippen molar-refractivity contribution < 1.29 is 0 Å². The summed E-state index contributed by atoms with van der Waals surface area (Å²) in [5.41, 5.74) is 0. The Hall–Kier alpha value is -0.0400. The van der Waals surface area contributed by atoms with E-state index in [1.807, 2.05) is 0 Å². The van der Waals surface area contributed by atoms with E-state index in [4.69, 9.17) is 0 Å². The second-order valence-electron chi connectivity index (χ2n) is 3.55. The van der Waals surface area contributed by atoms with Crippen LogP contribution in [0.4, 0.5) is 0 Å². The van der Waals surface area contributed by atoms with Crippen LogP contribution in [0.15, 0.2) is 0 Å². The summed E-state index contributed by atoms with van der Waals surface area (Å²) in [6, 6.07) is 0.869. The van der Waals surface area contributed by atoms with Crippen LogP contribution in [0.5, 0.6) is 0 Å². The standard InChI is InChI=1S/C9H19N/c1-3-8(2)7-10-9-5-4-6-9/h8-10H,3-7H2,1-2H3. The summed E-state index contributed by atoms with van der Waals surface area (Å²) in [5.74, 6) is 0.862. The van der Waals surface area contributed by atoms with Gasteiger partial charge in [0.1, 0.15) is 0 Å². The van der Waals surface area contributed by atoms with Crippen molar-refractivity contribution in [2.45, 2.75) is 45.6 Å². The van der Waals surface area contributed by atoms with Gasteiger partial charge in [-0.3, -0.25) is 0 Å². The Morgan fingerprint density at radius 2 is 2.20 bits per heavy atom. The quantitative estimate of drug-likeness (QED) is 0.632. The first kappa shape index (κ1) is 8.06. The van der Waals surface area contributed by atoms with Crippen molar-refractivity contribution in [2.24, 2.45) is 5.92 Å². The first-order chi connectivity index (χ1) is 4.83. The highest BCUT2D eigenvalue weighted by atomic mass is 14.9. The molecule has 0 aromatic carbocycles. The predicted molar refractivity (Wildman–Crippen MR) is 45.1 cm³/mol. The van der Waals surface area contributed by atoms with Gasteiger partial charge in [0, 0.05) is 6.04 Å². The van der Waals surface area contributed by atoms with Gasteiger partial charge in [0.05, 0.1) is 0 Å². The molecule has 1 aliphatic carbocycles. The Bertz CT molecular complexity index is 82.0. The summed E-state index contributed by atoms with van der Waals surface area (Å²) in [6.07, 6.45) is 5.57. The molecule has 10 heavy (non-hydrogen) atoms. The van der Waals surface area contributed by atoms with Gasteiger partial charge in [0.25, 0.3) is 0 Å². The molecule has 1 atom stereocenters. The molecule has 0 heterocycles. The van der Waals surface area contributed by atoms with E-state index in [9.17, 15) is 0 Å². The molecule has 0 spiro atoms. The van der Waals surface area contributed by atoms with Gasteiger partial charge in [-0.25, -0.2) is 0 Å². The minimum atomic E-state index is 0.862. The lowest BCUT2D eigenvalue weighted by Gasteiger charge is -2.27. The van der Waals surface area contributed by atoms with E-state index in [1.54, 1.807) is 0 Å². The van der Waals surface area contributed by atoms with E-state index in [2.05, 4.69) is 19.2 Å². The van der Waals surface area contributed by atoms with E-state index in [0.717, 1.165) is 12.0 Å². The molecule has 0 amide bonds. The normalized spacial score (nSPS) is 22.2. The molecule has 1 unspecified atom stereocenters. The maximum atomic E-state index is 3.57. The third kappa shape index (κ3) is 2.30. The van der Waals surface area contributed by atoms with Crippen LogP contribution in [0.3, 0.4) is 0 Å². The van der Waals surface area contributed by atoms with E-state index >= 15 is 0 Å². The molecule has 1 N–H and O–H groups in total. The van der Waals surface area contributed by atoms with Gasteiger partial charge in [0.15, 0.2) is 0 Å². The van der Waals surface area contributed by atoms with Gasteiger partial charge in [-0.1, -0.05) is 26.7 Å². The average Bonchev–Trinajstić information content (AvgIpc) is 1.84. The summed E-state index contributed by atoms with van der Waals surface area (Å²) in [5, 5.41) is 3.57. The maximum Gasteiger partial charge on any atom is 0.00671 e. The maximum absolute atomic E-state index is 3.57. The van der Waals surface area contributed by atoms with E-state index in [1.165, 1.54) is 32.2 Å². The SMILES string of the molecule is CCC(C)CNC1CCC1. The summed E-state index contributed by atoms with van der Waals surface area (Å²) in [6.45, 7) is 5.79. The van der Waals surface area contributed by atoms with Crippen LogP contribution in [0.25, 0.3) is 0 Å². The summed E-state index contributed by atoms with van der Waals surface area (Å²) >= 11 is 0. The number of rotatable bonds is 4. The van der Waals surface area contributed by atoms with E-state index < -0.39 is 0 Å². The highest BCUT2D eigenvalue weighted by Crippen LogP contribution is 2.18. The molecule has 1 fully saturated rings. The van der Waals surface area contributed by atoms with Crippen LogP contribution in [-0.4, -0.2) is 12.6 Å². The van der Waals surface area contributed by atoms with Crippen molar-refractivity contribution in [1.29, 1.82) is 0 Å². The van der Waals surface area contributed by atoms with Gasteiger partial charge in [0.2, 0.25) is 0 Å². The molecule has 1 aliphatic rings. The van der Waals surface area contributed by atoms with Crippen molar-refractivity contribution in [2.75, 3.05) is 6.54 Å². The van der Waals surface area contributed by atoms with Crippen molar-refractivity contribution in [3.05, 3.63) is 0 Å². The largest absolute Gasteiger partial charge is 0.314 e. The van der Waals surface area contributed by atoms with Gasteiger partial charge in [-0.15, -0.1) is 0 Å². The smallest absolute Gasteiger partial charge is 0.00671 e. The molecule has 0 aliphatic heterocycles. The first-order valence-electron chi connectivity index (χ1n) is 4.56. The van der Waals surface area contributed by atoms with Crippen LogP contribution < -0.4 is 5.32 Å². The molecule has 0 bridgehead atoms. The van der Waals surface area contributed by atoms with E-state index in [0.29, 0.717) is 0 Å². The van der Waals surface area contributed by atoms with E-state index in [-0.39, 0.29) is 0 Å². The second kappa shape index (κ2) is 3.97. The lowest BCUT2D eigenvalue weighted by molar-refractivity contribution is 0.319. The highest BCUT2D eigenvalue weighted by Gasteiger charge is 2.16. The molecule has 1 saturated carbocycles. The van der Waals surface area contributed by atoms with Crippen LogP contribution in [0, 0.1) is 5.92 Å². The van der Waals surface area contributed by atoms with Crippen molar-refractivity contribution in [3.8, 4) is 0 Å². The summed E-state index contributed by atoms with van der Waals surface area (Å²) in [7, 11) is 0. The first-order valence-corrected chi connectivity index (χ1v) is 4.56. The fraction of sp³-hybridized carbons (Fsp3) is 1.00. The van der Waals surface area contributed by atoms with Gasteiger partial charge in [-0.2, -0.15) is 0 Å². The zero-order chi connectivity index (χ0) is 7.40. The Labute approximate surface area is 64.2 Å². The average molecular weight is 141 g/mol. The third-order valence-electron chi connectivity index (χ3n) is 2.56. The molecule has 0 aromatic heterocycles. The zero-order valence-electron chi connectivity index (χ0n) is 7.19. The molecule has 0 aromatic rings. The summed E-state index contributed by atoms with van der Waals surface area (Å²) < 4.78 is 0. The molecule has 0 radical (unpaired) electrons. The Morgan fingerprint density at radius 3 is 2.60 bits per heavy atom. The fourth-order valence-electron chi connectivity index (χ4n) is 1.12. The Morgan fingerprint density at radius 1 is 1.50 bits per heavy atom. The van der Waals surface area contributed by atoms with Crippen LogP contribution in [-0.2, 0) is 0 Å².